The molecule has 2 N–H and O–H groups in total. The molecule has 32 heavy (non-hydrogen) atoms. The third-order valence-corrected chi connectivity index (χ3v) is 6.70. The molecule has 2 aromatic carbocycles. The fraction of sp³-hybridized carbons (Fsp3) is 0.385. The number of anilines is 2. The van der Waals surface area contributed by atoms with Gasteiger partial charge >= 0.3 is 0 Å². The number of nitrogens with two attached hydrogens (primary N) is 1. The van der Waals surface area contributed by atoms with Crippen LogP contribution in [0.4, 0.5) is 11.5 Å². The number of nitrogen functional groups attached to an aromatic ring is 1. The average molecular weight is 431 g/mol. The smallest absolute Gasteiger partial charge is 0.254 e. The first-order valence-corrected chi connectivity index (χ1v) is 11.5. The summed E-state index contributed by atoms with van der Waals surface area (Å²) < 4.78 is 5.59. The molecule has 0 radical (unpaired) electrons. The monoisotopic (exact) mass is 430 g/mol. The van der Waals surface area contributed by atoms with Crippen LogP contribution in [-0.4, -0.2) is 54.7 Å². The van der Waals surface area contributed by atoms with Crippen LogP contribution >= 0.6 is 0 Å². The maximum absolute atomic E-state index is 13.4. The van der Waals surface area contributed by atoms with Gasteiger partial charge in [-0.05, 0) is 49.9 Å². The summed E-state index contributed by atoms with van der Waals surface area (Å²) in [4.78, 5) is 22.5. The largest absolute Gasteiger partial charge is 0.382 e. The second-order valence-corrected chi connectivity index (χ2v) is 8.88. The van der Waals surface area contributed by atoms with Gasteiger partial charge < -0.3 is 20.3 Å². The lowest BCUT2D eigenvalue weighted by Gasteiger charge is -2.35. The minimum atomic E-state index is 0.102. The van der Waals surface area contributed by atoms with Crippen molar-refractivity contribution < 1.29 is 9.53 Å². The van der Waals surface area contributed by atoms with Crippen LogP contribution in [0.15, 0.2) is 42.5 Å². The van der Waals surface area contributed by atoms with Crippen molar-refractivity contribution in [1.29, 1.82) is 0 Å². The van der Waals surface area contributed by atoms with Crippen molar-refractivity contribution in [2.45, 2.75) is 32.7 Å². The lowest BCUT2D eigenvalue weighted by Crippen LogP contribution is -2.44. The molecule has 1 aromatic heterocycles. The van der Waals surface area contributed by atoms with Gasteiger partial charge in [-0.15, -0.1) is 0 Å². The summed E-state index contributed by atoms with van der Waals surface area (Å²) in [7, 11) is 0. The summed E-state index contributed by atoms with van der Waals surface area (Å²) in [6.07, 6.45) is 2.14. The van der Waals surface area contributed by atoms with Crippen molar-refractivity contribution in [2.24, 2.45) is 0 Å². The number of pyridine rings is 1. The van der Waals surface area contributed by atoms with Crippen LogP contribution < -0.4 is 10.6 Å². The average Bonchev–Trinajstić information content (AvgIpc) is 3.33. The summed E-state index contributed by atoms with van der Waals surface area (Å²) in [6.45, 7) is 8.02. The van der Waals surface area contributed by atoms with Crippen molar-refractivity contribution >= 4 is 28.3 Å². The zero-order valence-electron chi connectivity index (χ0n) is 18.8. The van der Waals surface area contributed by atoms with E-state index in [9.17, 15) is 4.79 Å². The Morgan fingerprint density at radius 2 is 1.91 bits per heavy atom. The van der Waals surface area contributed by atoms with E-state index < -0.39 is 0 Å². The van der Waals surface area contributed by atoms with E-state index >= 15 is 0 Å². The first-order chi connectivity index (χ1) is 15.5. The highest BCUT2D eigenvalue weighted by molar-refractivity contribution is 6.06. The Morgan fingerprint density at radius 3 is 2.69 bits per heavy atom. The summed E-state index contributed by atoms with van der Waals surface area (Å²) in [5.74, 6) is 0.615. The summed E-state index contributed by atoms with van der Waals surface area (Å²) >= 11 is 0. The van der Waals surface area contributed by atoms with Crippen molar-refractivity contribution in [1.82, 2.24) is 9.88 Å². The first kappa shape index (κ1) is 20.8. The Bertz CT molecular complexity index is 1170. The van der Waals surface area contributed by atoms with E-state index in [2.05, 4.69) is 43.0 Å². The highest BCUT2D eigenvalue weighted by atomic mass is 16.5. The minimum absolute atomic E-state index is 0.102. The predicted octanol–water partition coefficient (Wildman–Crippen LogP) is 4.25. The van der Waals surface area contributed by atoms with E-state index in [1.165, 1.54) is 0 Å². The summed E-state index contributed by atoms with van der Waals surface area (Å²) in [5.41, 5.74) is 12.0. The van der Waals surface area contributed by atoms with Gasteiger partial charge in [-0.2, -0.15) is 0 Å². The molecule has 2 aliphatic heterocycles. The van der Waals surface area contributed by atoms with Gasteiger partial charge in [0.15, 0.2) is 0 Å². The normalized spacial score (nSPS) is 19.0. The van der Waals surface area contributed by atoms with Gasteiger partial charge in [0.2, 0.25) is 0 Å². The first-order valence-electron chi connectivity index (χ1n) is 11.5. The second kappa shape index (κ2) is 8.43. The third kappa shape index (κ3) is 3.58. The molecule has 5 rings (SSSR count). The number of nitrogens with zero attached hydrogens (tertiary/aromatic N) is 3. The number of hydrogen-bond donors (Lipinski definition) is 1. The molecule has 1 atom stereocenters. The third-order valence-electron chi connectivity index (χ3n) is 6.70. The van der Waals surface area contributed by atoms with E-state index in [-0.39, 0.29) is 11.9 Å². The summed E-state index contributed by atoms with van der Waals surface area (Å²) in [6, 6.07) is 14.5. The molecule has 0 aliphatic carbocycles. The van der Waals surface area contributed by atoms with Crippen LogP contribution in [0, 0.1) is 6.92 Å². The molecule has 6 nitrogen and oxygen atoms in total. The molecule has 166 valence electrons. The number of benzene rings is 2. The van der Waals surface area contributed by atoms with Gasteiger partial charge in [-0.3, -0.25) is 4.79 Å². The molecule has 6 heteroatoms. The molecule has 2 saturated heterocycles. The lowest BCUT2D eigenvalue weighted by molar-refractivity contribution is 0.0793. The molecular formula is C26H30N4O2. The Labute approximate surface area is 189 Å². The fourth-order valence-corrected chi connectivity index (χ4v) is 5.01. The van der Waals surface area contributed by atoms with Crippen molar-refractivity contribution in [3.05, 3.63) is 53.6 Å². The van der Waals surface area contributed by atoms with Crippen molar-refractivity contribution in [3.63, 3.8) is 0 Å². The SMILES string of the molecule is Cc1cccc(C(=O)N2CCCC2)c1-c1cccc2cc(N3CCOCC3C)c(N)nc12. The van der Waals surface area contributed by atoms with E-state index in [1.807, 2.05) is 23.1 Å². The Kier molecular flexibility index (Phi) is 5.47. The number of rotatable bonds is 3. The minimum Gasteiger partial charge on any atom is -0.382 e. The van der Waals surface area contributed by atoms with Crippen molar-refractivity contribution in [3.8, 4) is 11.1 Å². The Morgan fingerprint density at radius 1 is 1.12 bits per heavy atom. The molecule has 3 heterocycles. The maximum Gasteiger partial charge on any atom is 0.254 e. The lowest BCUT2D eigenvalue weighted by atomic mass is 9.92. The number of para-hydroxylation sites is 1. The number of carbonyl (C=O) groups is 1. The van der Waals surface area contributed by atoms with E-state index in [4.69, 9.17) is 15.5 Å². The zero-order chi connectivity index (χ0) is 22.2. The Balaban J connectivity index is 1.64. The number of carbonyl (C=O) groups excluding carboxylic acids is 1. The summed E-state index contributed by atoms with van der Waals surface area (Å²) in [5, 5.41) is 1.02. The molecule has 0 bridgehead atoms. The molecule has 2 fully saturated rings. The van der Waals surface area contributed by atoms with Gasteiger partial charge in [0.05, 0.1) is 24.4 Å². The van der Waals surface area contributed by atoms with Crippen LogP contribution in [0.2, 0.25) is 0 Å². The van der Waals surface area contributed by atoms with E-state index in [0.717, 1.165) is 71.3 Å². The number of aromatic nitrogens is 1. The second-order valence-electron chi connectivity index (χ2n) is 8.88. The molecule has 0 saturated carbocycles. The molecule has 3 aromatic rings. The van der Waals surface area contributed by atoms with E-state index in [0.29, 0.717) is 19.0 Å². The highest BCUT2D eigenvalue weighted by Crippen LogP contribution is 2.37. The number of morpholine rings is 1. The number of fused-ring (bicyclic) bond motifs is 1. The van der Waals surface area contributed by atoms with Crippen molar-refractivity contribution in [2.75, 3.05) is 43.5 Å². The fourth-order valence-electron chi connectivity index (χ4n) is 5.01. The van der Waals surface area contributed by atoms with Crippen LogP contribution in [0.3, 0.4) is 0 Å². The van der Waals surface area contributed by atoms with Gasteiger partial charge in [-0.25, -0.2) is 4.98 Å². The number of likely N-dealkylation sites (tertiary alicyclic amines) is 1. The zero-order valence-corrected chi connectivity index (χ0v) is 18.8. The standard InChI is InChI=1S/C26H30N4O2/c1-17-7-5-10-21(26(31)29-11-3-4-12-29)23(17)20-9-6-8-19-15-22(25(27)28-24(19)20)30-13-14-32-16-18(30)2/h5-10,15,18H,3-4,11-14,16H2,1-2H3,(H2,27,28). The van der Waals surface area contributed by atoms with Gasteiger partial charge in [0.25, 0.3) is 5.91 Å². The van der Waals surface area contributed by atoms with Gasteiger partial charge in [0.1, 0.15) is 5.82 Å². The number of hydrogen-bond acceptors (Lipinski definition) is 5. The van der Waals surface area contributed by atoms with Crippen LogP contribution in [0.1, 0.15) is 35.7 Å². The molecule has 1 amide bonds. The van der Waals surface area contributed by atoms with Crippen LogP contribution in [0.5, 0.6) is 0 Å². The molecule has 2 aliphatic rings. The molecular weight excluding hydrogens is 400 g/mol. The van der Waals surface area contributed by atoms with Gasteiger partial charge in [-0.1, -0.05) is 30.3 Å². The number of amides is 1. The van der Waals surface area contributed by atoms with Crippen LogP contribution in [-0.2, 0) is 4.74 Å². The quantitative estimate of drug-likeness (QED) is 0.672. The Hall–Kier alpha value is -3.12. The number of ether oxygens (including phenoxy) is 1. The van der Waals surface area contributed by atoms with Crippen LogP contribution in [0.25, 0.3) is 22.0 Å². The van der Waals surface area contributed by atoms with Gasteiger partial charge in [0, 0.05) is 42.2 Å². The predicted molar refractivity (Wildman–Crippen MR) is 129 cm³/mol. The topological polar surface area (TPSA) is 71.7 Å². The van der Waals surface area contributed by atoms with E-state index in [1.54, 1.807) is 0 Å². The number of aryl methyl sites for hydroxylation is 1. The molecule has 1 unspecified atom stereocenters. The maximum atomic E-state index is 13.4. The highest BCUT2D eigenvalue weighted by Gasteiger charge is 2.25. The molecule has 0 spiro atoms.